The van der Waals surface area contributed by atoms with Crippen molar-refractivity contribution < 1.29 is 4.42 Å². The van der Waals surface area contributed by atoms with Gasteiger partial charge in [0, 0.05) is 0 Å². The molecule has 0 aliphatic rings. The van der Waals surface area contributed by atoms with E-state index >= 15 is 0 Å². The average molecular weight is 93.9 g/mol. The van der Waals surface area contributed by atoms with Crippen LogP contribution in [0, 0.1) is 0 Å². The Bertz CT molecular complexity index is 123. The van der Waals surface area contributed by atoms with E-state index in [9.17, 15) is 0 Å². The van der Waals surface area contributed by atoms with Crippen LogP contribution in [-0.2, 0) is 6.32 Å². The fraction of sp³-hybridized carbons (Fsp3) is 0.200. The first kappa shape index (κ1) is 4.50. The normalized spacial score (nSPS) is 9.14. The average Bonchev–Trinajstić information content (AvgIpc) is 2.14. The largest absolute Gasteiger partial charge is 0.472 e. The summed E-state index contributed by atoms with van der Waals surface area (Å²) in [7, 11) is 2.10. The topological polar surface area (TPSA) is 13.1 Å². The molecule has 0 aliphatic carbocycles. The minimum absolute atomic E-state index is 1.07. The van der Waals surface area contributed by atoms with Crippen molar-refractivity contribution in [3.63, 3.8) is 0 Å². The van der Waals surface area contributed by atoms with E-state index in [2.05, 4.69) is 7.85 Å². The van der Waals surface area contributed by atoms with Crippen LogP contribution in [-0.4, -0.2) is 7.85 Å². The molecule has 0 N–H and O–H groups in total. The van der Waals surface area contributed by atoms with E-state index in [-0.39, 0.29) is 0 Å². The number of furan rings is 1. The summed E-state index contributed by atoms with van der Waals surface area (Å²) in [6, 6.07) is 1.97. The summed E-state index contributed by atoms with van der Waals surface area (Å²) in [5.41, 5.74) is 1.26. The lowest BCUT2D eigenvalue weighted by atomic mass is 10.00. The third-order valence-electron chi connectivity index (χ3n) is 0.988. The highest BCUT2D eigenvalue weighted by Gasteiger charge is 1.84. The van der Waals surface area contributed by atoms with Gasteiger partial charge in [-0.05, 0) is 11.6 Å². The van der Waals surface area contributed by atoms with Gasteiger partial charge in [-0.25, -0.2) is 0 Å². The van der Waals surface area contributed by atoms with E-state index < -0.39 is 0 Å². The smallest absolute Gasteiger partial charge is 0.107 e. The van der Waals surface area contributed by atoms with Crippen molar-refractivity contribution in [2.75, 3.05) is 0 Å². The lowest BCUT2D eigenvalue weighted by Crippen LogP contribution is -1.73. The molecule has 0 fully saturated rings. The van der Waals surface area contributed by atoms with Crippen molar-refractivity contribution in [2.45, 2.75) is 6.32 Å². The molecule has 0 radical (unpaired) electrons. The number of hydrogen-bond acceptors (Lipinski definition) is 1. The van der Waals surface area contributed by atoms with Gasteiger partial charge in [0.05, 0.1) is 12.5 Å². The summed E-state index contributed by atoms with van der Waals surface area (Å²) in [5, 5.41) is 0. The first-order valence-corrected chi connectivity index (χ1v) is 2.44. The molecule has 0 atom stereocenters. The third kappa shape index (κ3) is 0.859. The molecular weight excluding hydrogens is 86.9 g/mol. The minimum atomic E-state index is 1.07. The van der Waals surface area contributed by atoms with Crippen LogP contribution in [0.2, 0.25) is 0 Å². The molecule has 1 rings (SSSR count). The van der Waals surface area contributed by atoms with E-state index in [1.807, 2.05) is 6.07 Å². The molecule has 1 heterocycles. The van der Waals surface area contributed by atoms with Gasteiger partial charge >= 0.3 is 0 Å². The summed E-state index contributed by atoms with van der Waals surface area (Å²) < 4.78 is 4.81. The Kier molecular flexibility index (Phi) is 1.20. The Morgan fingerprint density at radius 2 is 2.57 bits per heavy atom. The van der Waals surface area contributed by atoms with Gasteiger partial charge in [-0.1, -0.05) is 6.32 Å². The summed E-state index contributed by atoms with van der Waals surface area (Å²) in [6.07, 6.45) is 4.52. The summed E-state index contributed by atoms with van der Waals surface area (Å²) in [6.45, 7) is 0. The maximum absolute atomic E-state index is 4.81. The molecule has 0 spiro atoms. The van der Waals surface area contributed by atoms with E-state index in [4.69, 9.17) is 4.42 Å². The van der Waals surface area contributed by atoms with Crippen LogP contribution >= 0.6 is 0 Å². The van der Waals surface area contributed by atoms with Gasteiger partial charge in [0.1, 0.15) is 7.85 Å². The standard InChI is InChI=1S/C5H7BO/c6-3-5-1-2-7-4-5/h1-2,4H,3,6H2. The van der Waals surface area contributed by atoms with Gasteiger partial charge in [-0.2, -0.15) is 0 Å². The van der Waals surface area contributed by atoms with Crippen molar-refractivity contribution in [3.8, 4) is 0 Å². The van der Waals surface area contributed by atoms with Gasteiger partial charge in [0.25, 0.3) is 0 Å². The fourth-order valence-electron chi connectivity index (χ4n) is 0.494. The maximum atomic E-state index is 4.81. The zero-order valence-electron chi connectivity index (χ0n) is 4.35. The fourth-order valence-corrected chi connectivity index (χ4v) is 0.494. The molecule has 0 unspecified atom stereocenters. The first-order chi connectivity index (χ1) is 3.43. The van der Waals surface area contributed by atoms with Crippen molar-refractivity contribution in [2.24, 2.45) is 0 Å². The molecule has 1 aromatic rings. The van der Waals surface area contributed by atoms with Crippen LogP contribution in [0.5, 0.6) is 0 Å². The Morgan fingerprint density at radius 3 is 2.86 bits per heavy atom. The molecule has 36 valence electrons. The van der Waals surface area contributed by atoms with Crippen LogP contribution in [0.25, 0.3) is 0 Å². The summed E-state index contributed by atoms with van der Waals surface area (Å²) in [5.74, 6) is 0. The number of rotatable bonds is 1. The zero-order valence-corrected chi connectivity index (χ0v) is 4.35. The second-order valence-electron chi connectivity index (χ2n) is 1.49. The summed E-state index contributed by atoms with van der Waals surface area (Å²) >= 11 is 0. The van der Waals surface area contributed by atoms with Gasteiger partial charge in [-0.3, -0.25) is 0 Å². The van der Waals surface area contributed by atoms with Crippen LogP contribution < -0.4 is 0 Å². The second-order valence-corrected chi connectivity index (χ2v) is 1.49. The zero-order chi connectivity index (χ0) is 5.11. The molecule has 0 aromatic carbocycles. The van der Waals surface area contributed by atoms with Crippen LogP contribution in [0.1, 0.15) is 5.56 Å². The Labute approximate surface area is 43.7 Å². The van der Waals surface area contributed by atoms with Crippen molar-refractivity contribution in [1.29, 1.82) is 0 Å². The SMILES string of the molecule is BCc1ccoc1. The predicted molar refractivity (Wildman–Crippen MR) is 31.0 cm³/mol. The van der Waals surface area contributed by atoms with Gasteiger partial charge in [0.15, 0.2) is 0 Å². The van der Waals surface area contributed by atoms with E-state index in [0.29, 0.717) is 0 Å². The highest BCUT2D eigenvalue weighted by molar-refractivity contribution is 6.08. The lowest BCUT2D eigenvalue weighted by Gasteiger charge is -1.76. The monoisotopic (exact) mass is 94.1 g/mol. The molecule has 0 bridgehead atoms. The van der Waals surface area contributed by atoms with Crippen molar-refractivity contribution in [3.05, 3.63) is 24.2 Å². The van der Waals surface area contributed by atoms with Crippen LogP contribution in [0.15, 0.2) is 23.0 Å². The molecule has 0 saturated carbocycles. The number of hydrogen-bond donors (Lipinski definition) is 0. The quantitative estimate of drug-likeness (QED) is 0.459. The minimum Gasteiger partial charge on any atom is -0.472 e. The molecule has 0 amide bonds. The maximum Gasteiger partial charge on any atom is 0.107 e. The molecule has 1 aromatic heterocycles. The molecule has 0 aliphatic heterocycles. The van der Waals surface area contributed by atoms with Crippen LogP contribution in [0.4, 0.5) is 0 Å². The van der Waals surface area contributed by atoms with E-state index in [1.165, 1.54) is 5.56 Å². The van der Waals surface area contributed by atoms with E-state index in [1.54, 1.807) is 12.5 Å². The highest BCUT2D eigenvalue weighted by Crippen LogP contribution is 1.96. The van der Waals surface area contributed by atoms with Crippen molar-refractivity contribution >= 4 is 7.85 Å². The molecule has 1 nitrogen and oxygen atoms in total. The van der Waals surface area contributed by atoms with Crippen molar-refractivity contribution in [1.82, 2.24) is 0 Å². The molecule has 7 heavy (non-hydrogen) atoms. The lowest BCUT2D eigenvalue weighted by molar-refractivity contribution is 0.565. The Balaban J connectivity index is 2.76. The predicted octanol–water partition coefficient (Wildman–Crippen LogP) is 0.413. The highest BCUT2D eigenvalue weighted by atomic mass is 16.3. The van der Waals surface area contributed by atoms with Gasteiger partial charge < -0.3 is 4.42 Å². The molecular formula is C5H7BO. The first-order valence-electron chi connectivity index (χ1n) is 2.44. The Hall–Kier alpha value is -0.655. The second kappa shape index (κ2) is 1.87. The van der Waals surface area contributed by atoms with Crippen LogP contribution in [0.3, 0.4) is 0 Å². The van der Waals surface area contributed by atoms with Gasteiger partial charge in [0.2, 0.25) is 0 Å². The third-order valence-corrected chi connectivity index (χ3v) is 0.988. The molecule has 2 heteroatoms. The van der Waals surface area contributed by atoms with Gasteiger partial charge in [-0.15, -0.1) is 0 Å². The Morgan fingerprint density at radius 1 is 1.71 bits per heavy atom. The van der Waals surface area contributed by atoms with E-state index in [0.717, 1.165) is 6.32 Å². The summed E-state index contributed by atoms with van der Waals surface area (Å²) in [4.78, 5) is 0. The molecule has 0 saturated heterocycles.